The van der Waals surface area contributed by atoms with E-state index in [1.165, 1.54) is 19.3 Å². The Hall–Kier alpha value is -3.79. The van der Waals surface area contributed by atoms with Crippen LogP contribution in [0, 0.1) is 10.1 Å². The Kier molecular flexibility index (Phi) is 5.05. The number of carbonyl (C=O) groups is 2. The van der Waals surface area contributed by atoms with Crippen LogP contribution in [0.4, 0.5) is 11.4 Å². The summed E-state index contributed by atoms with van der Waals surface area (Å²) < 4.78 is 4.93. The minimum atomic E-state index is -0.798. The van der Waals surface area contributed by atoms with E-state index >= 15 is 0 Å². The minimum absolute atomic E-state index is 0.0763. The van der Waals surface area contributed by atoms with Crippen molar-refractivity contribution in [3.8, 4) is 11.5 Å². The third-order valence-corrected chi connectivity index (χ3v) is 4.21. The van der Waals surface area contributed by atoms with Gasteiger partial charge in [-0.05, 0) is 42.1 Å². The van der Waals surface area contributed by atoms with Crippen molar-refractivity contribution >= 4 is 46.6 Å². The molecule has 0 atom stereocenters. The molecule has 142 valence electrons. The first-order chi connectivity index (χ1) is 13.3. The Morgan fingerprint density at radius 1 is 1.25 bits per heavy atom. The lowest BCUT2D eigenvalue weighted by molar-refractivity contribution is -0.386. The summed E-state index contributed by atoms with van der Waals surface area (Å²) in [4.78, 5) is 36.7. The highest BCUT2D eigenvalue weighted by molar-refractivity contribution is 7.80. The molecule has 0 bridgehead atoms. The summed E-state index contributed by atoms with van der Waals surface area (Å²) >= 11 is 5.10. The predicted octanol–water partition coefficient (Wildman–Crippen LogP) is 2.14. The highest BCUT2D eigenvalue weighted by atomic mass is 32.1. The fourth-order valence-corrected chi connectivity index (χ4v) is 2.91. The van der Waals surface area contributed by atoms with Crippen LogP contribution in [-0.4, -0.2) is 34.1 Å². The number of aromatic hydroxyl groups is 1. The zero-order valence-electron chi connectivity index (χ0n) is 14.4. The van der Waals surface area contributed by atoms with E-state index in [2.05, 4.69) is 5.32 Å². The number of phenolic OH excluding ortho intramolecular Hbond substituents is 1. The van der Waals surface area contributed by atoms with Crippen molar-refractivity contribution in [3.05, 3.63) is 63.7 Å². The second kappa shape index (κ2) is 7.45. The van der Waals surface area contributed by atoms with Gasteiger partial charge in [-0.15, -0.1) is 0 Å². The molecule has 28 heavy (non-hydrogen) atoms. The highest BCUT2D eigenvalue weighted by Crippen LogP contribution is 2.37. The van der Waals surface area contributed by atoms with Gasteiger partial charge in [0.05, 0.1) is 17.7 Å². The molecular formula is C18H13N3O6S. The summed E-state index contributed by atoms with van der Waals surface area (Å²) in [6.45, 7) is 0. The van der Waals surface area contributed by atoms with Gasteiger partial charge in [0.15, 0.2) is 10.9 Å². The van der Waals surface area contributed by atoms with Crippen molar-refractivity contribution in [3.63, 3.8) is 0 Å². The lowest BCUT2D eigenvalue weighted by atomic mass is 10.1. The number of amides is 2. The number of anilines is 1. The number of nitro benzene ring substituents is 1. The SMILES string of the molecule is COc1cc(/C=C2\C(=O)NC(=S)N(c3ccccc3)C2=O)cc([N+](=O)[O-])c1O. The maximum atomic E-state index is 12.9. The van der Waals surface area contributed by atoms with Gasteiger partial charge in [0.25, 0.3) is 11.8 Å². The normalized spacial score (nSPS) is 15.5. The molecule has 3 rings (SSSR count). The number of nitro groups is 1. The van der Waals surface area contributed by atoms with E-state index in [0.717, 1.165) is 11.0 Å². The van der Waals surface area contributed by atoms with Crippen molar-refractivity contribution in [2.75, 3.05) is 12.0 Å². The first-order valence-electron chi connectivity index (χ1n) is 7.85. The van der Waals surface area contributed by atoms with Crippen LogP contribution in [0.2, 0.25) is 0 Å². The van der Waals surface area contributed by atoms with Crippen molar-refractivity contribution < 1.29 is 24.4 Å². The van der Waals surface area contributed by atoms with Crippen LogP contribution >= 0.6 is 12.2 Å². The maximum Gasteiger partial charge on any atom is 0.315 e. The molecule has 1 aliphatic heterocycles. The van der Waals surface area contributed by atoms with Crippen LogP contribution in [0.25, 0.3) is 6.08 Å². The molecule has 1 heterocycles. The van der Waals surface area contributed by atoms with Gasteiger partial charge >= 0.3 is 5.69 Å². The molecule has 9 nitrogen and oxygen atoms in total. The van der Waals surface area contributed by atoms with Gasteiger partial charge in [0.1, 0.15) is 5.57 Å². The number of phenols is 1. The summed E-state index contributed by atoms with van der Waals surface area (Å²) in [6, 6.07) is 10.8. The zero-order chi connectivity index (χ0) is 20.4. The van der Waals surface area contributed by atoms with Gasteiger partial charge in [-0.1, -0.05) is 18.2 Å². The average Bonchev–Trinajstić information content (AvgIpc) is 2.66. The van der Waals surface area contributed by atoms with Crippen LogP contribution in [0.3, 0.4) is 0 Å². The van der Waals surface area contributed by atoms with E-state index in [-0.39, 0.29) is 22.0 Å². The van der Waals surface area contributed by atoms with E-state index in [9.17, 15) is 24.8 Å². The van der Waals surface area contributed by atoms with Gasteiger partial charge in [-0.3, -0.25) is 29.9 Å². The van der Waals surface area contributed by atoms with Crippen LogP contribution in [0.5, 0.6) is 11.5 Å². The molecule has 0 unspecified atom stereocenters. The monoisotopic (exact) mass is 399 g/mol. The smallest absolute Gasteiger partial charge is 0.315 e. The second-order valence-electron chi connectivity index (χ2n) is 5.64. The van der Waals surface area contributed by atoms with Crippen LogP contribution in [-0.2, 0) is 9.59 Å². The number of nitrogens with zero attached hydrogens (tertiary/aromatic N) is 2. The number of benzene rings is 2. The number of para-hydroxylation sites is 1. The molecule has 2 aromatic carbocycles. The molecule has 0 aliphatic carbocycles. The number of carbonyl (C=O) groups excluding carboxylic acids is 2. The minimum Gasteiger partial charge on any atom is -0.500 e. The lowest BCUT2D eigenvalue weighted by Gasteiger charge is -2.28. The molecule has 2 aromatic rings. The van der Waals surface area contributed by atoms with Crippen LogP contribution in [0.15, 0.2) is 48.0 Å². The van der Waals surface area contributed by atoms with Crippen molar-refractivity contribution in [2.24, 2.45) is 0 Å². The number of hydrogen-bond acceptors (Lipinski definition) is 7. The number of ether oxygens (including phenoxy) is 1. The molecule has 1 aliphatic rings. The molecule has 2 amide bonds. The van der Waals surface area contributed by atoms with Crippen LogP contribution < -0.4 is 15.0 Å². The molecule has 0 aromatic heterocycles. The standard InChI is InChI=1S/C18H13N3O6S/c1-27-14-9-10(8-13(15(14)22)21(25)26)7-12-16(23)19-18(28)20(17(12)24)11-5-3-2-4-6-11/h2-9,22H,1H3,(H,19,23,28)/b12-7+. The molecule has 0 spiro atoms. The Morgan fingerprint density at radius 3 is 2.54 bits per heavy atom. The average molecular weight is 399 g/mol. The first-order valence-corrected chi connectivity index (χ1v) is 8.26. The summed E-state index contributed by atoms with van der Waals surface area (Å²) in [5.74, 6) is -2.24. The van der Waals surface area contributed by atoms with E-state index in [1.807, 2.05) is 0 Å². The van der Waals surface area contributed by atoms with Crippen molar-refractivity contribution in [1.29, 1.82) is 0 Å². The quantitative estimate of drug-likeness (QED) is 0.265. The maximum absolute atomic E-state index is 12.9. The highest BCUT2D eigenvalue weighted by Gasteiger charge is 2.34. The summed E-state index contributed by atoms with van der Waals surface area (Å²) in [7, 11) is 1.23. The molecule has 1 fully saturated rings. The molecule has 0 saturated carbocycles. The number of hydrogen-bond donors (Lipinski definition) is 2. The molecular weight excluding hydrogens is 386 g/mol. The molecule has 10 heteroatoms. The zero-order valence-corrected chi connectivity index (χ0v) is 15.2. The number of rotatable bonds is 4. The van der Waals surface area contributed by atoms with Gasteiger partial charge < -0.3 is 9.84 Å². The molecule has 0 radical (unpaired) electrons. The summed E-state index contributed by atoms with van der Waals surface area (Å²) in [5.41, 5.74) is -0.317. The van der Waals surface area contributed by atoms with Gasteiger partial charge in [-0.25, -0.2) is 0 Å². The number of methoxy groups -OCH3 is 1. The Balaban J connectivity index is 2.09. The third-order valence-electron chi connectivity index (χ3n) is 3.92. The number of nitrogens with one attached hydrogen (secondary N) is 1. The van der Waals surface area contributed by atoms with E-state index in [4.69, 9.17) is 17.0 Å². The van der Waals surface area contributed by atoms with Gasteiger partial charge in [-0.2, -0.15) is 0 Å². The van der Waals surface area contributed by atoms with Gasteiger partial charge in [0, 0.05) is 6.07 Å². The third kappa shape index (κ3) is 3.40. The largest absolute Gasteiger partial charge is 0.500 e. The topological polar surface area (TPSA) is 122 Å². The Morgan fingerprint density at radius 2 is 1.93 bits per heavy atom. The fourth-order valence-electron chi connectivity index (χ4n) is 2.63. The van der Waals surface area contributed by atoms with Crippen molar-refractivity contribution in [1.82, 2.24) is 5.32 Å². The number of thiocarbonyl (C=S) groups is 1. The fraction of sp³-hybridized carbons (Fsp3) is 0.0556. The van der Waals surface area contributed by atoms with Crippen molar-refractivity contribution in [2.45, 2.75) is 0 Å². The molecule has 1 saturated heterocycles. The second-order valence-corrected chi connectivity index (χ2v) is 6.03. The lowest BCUT2D eigenvalue weighted by Crippen LogP contribution is -2.54. The Bertz CT molecular complexity index is 1040. The Labute approximate surface area is 164 Å². The van der Waals surface area contributed by atoms with Gasteiger partial charge in [0.2, 0.25) is 5.75 Å². The molecule has 2 N–H and O–H groups in total. The van der Waals surface area contributed by atoms with E-state index in [0.29, 0.717) is 5.69 Å². The summed E-state index contributed by atoms with van der Waals surface area (Å²) in [5, 5.41) is 23.3. The predicted molar refractivity (Wildman–Crippen MR) is 104 cm³/mol. The van der Waals surface area contributed by atoms with E-state index < -0.39 is 28.2 Å². The van der Waals surface area contributed by atoms with E-state index in [1.54, 1.807) is 30.3 Å². The van der Waals surface area contributed by atoms with Crippen LogP contribution in [0.1, 0.15) is 5.56 Å². The summed E-state index contributed by atoms with van der Waals surface area (Å²) in [6.07, 6.45) is 1.17. The first kappa shape index (κ1) is 19.0.